The van der Waals surface area contributed by atoms with E-state index in [4.69, 9.17) is 0 Å². The second kappa shape index (κ2) is 13.8. The standard InChI is InChI=1S/C36H40F2N6O4/c1-36(2)13-5-15-43(36)17-14-39-33(46)24-9-11-26(37)29(19-24)42-35(48)30-21-40-32-20-23(12-16-44(30)32)22-8-10-25(27(38)18-22)34(47)41-28-6-3-4-7-31(28)45/h8-12,16,18-21,28,31,45H,3-7,13-15,17H2,1-2H3,(H,39,46)(H,41,47)(H,42,48). The molecule has 3 amide bonds. The summed E-state index contributed by atoms with van der Waals surface area (Å²) in [5.41, 5.74) is 1.68. The molecule has 0 radical (unpaired) electrons. The molecule has 12 heteroatoms. The lowest BCUT2D eigenvalue weighted by molar-refractivity contribution is 0.0714. The second-order valence-corrected chi connectivity index (χ2v) is 13.2. The average Bonchev–Trinajstić information content (AvgIpc) is 3.64. The van der Waals surface area contributed by atoms with Crippen LogP contribution in [0.25, 0.3) is 16.8 Å². The van der Waals surface area contributed by atoms with E-state index in [0.29, 0.717) is 42.7 Å². The minimum absolute atomic E-state index is 0.0979. The molecule has 0 spiro atoms. The number of nitrogens with zero attached hydrogens (tertiary/aromatic N) is 3. The third-order valence-electron chi connectivity index (χ3n) is 9.56. The Hall–Kier alpha value is -4.68. The van der Waals surface area contributed by atoms with Crippen molar-refractivity contribution in [3.05, 3.63) is 89.4 Å². The highest BCUT2D eigenvalue weighted by atomic mass is 19.1. The number of likely N-dealkylation sites (tertiary alicyclic amines) is 1. The first-order valence-corrected chi connectivity index (χ1v) is 16.4. The Labute approximate surface area is 277 Å². The van der Waals surface area contributed by atoms with Gasteiger partial charge < -0.3 is 21.1 Å². The molecule has 2 aromatic heterocycles. The summed E-state index contributed by atoms with van der Waals surface area (Å²) in [6.07, 6.45) is 7.57. The molecule has 10 nitrogen and oxygen atoms in total. The van der Waals surface area contributed by atoms with Crippen LogP contribution in [0.5, 0.6) is 0 Å². The lowest BCUT2D eigenvalue weighted by Gasteiger charge is -2.31. The molecule has 4 N–H and O–H groups in total. The number of pyridine rings is 1. The zero-order chi connectivity index (χ0) is 34.0. The number of aliphatic hydroxyl groups excluding tert-OH is 1. The van der Waals surface area contributed by atoms with Crippen LogP contribution in [0.3, 0.4) is 0 Å². The van der Waals surface area contributed by atoms with Crippen LogP contribution in [0.15, 0.2) is 60.9 Å². The van der Waals surface area contributed by atoms with E-state index in [1.165, 1.54) is 34.9 Å². The topological polar surface area (TPSA) is 128 Å². The highest BCUT2D eigenvalue weighted by molar-refractivity contribution is 6.04. The molecule has 0 bridgehead atoms. The fraction of sp³-hybridized carbons (Fsp3) is 0.389. The quantitative estimate of drug-likeness (QED) is 0.197. The second-order valence-electron chi connectivity index (χ2n) is 13.2. The largest absolute Gasteiger partial charge is 0.391 e. The number of carbonyl (C=O) groups excluding carboxylic acids is 3. The van der Waals surface area contributed by atoms with Crippen molar-refractivity contribution < 1.29 is 28.3 Å². The number of halogens is 2. The van der Waals surface area contributed by atoms with E-state index >= 15 is 4.39 Å². The van der Waals surface area contributed by atoms with Gasteiger partial charge in [-0.3, -0.25) is 23.7 Å². The van der Waals surface area contributed by atoms with Crippen molar-refractivity contribution in [2.45, 2.75) is 70.1 Å². The minimum Gasteiger partial charge on any atom is -0.391 e. The van der Waals surface area contributed by atoms with Gasteiger partial charge in [-0.2, -0.15) is 0 Å². The summed E-state index contributed by atoms with van der Waals surface area (Å²) >= 11 is 0. The molecule has 6 rings (SSSR count). The molecule has 252 valence electrons. The van der Waals surface area contributed by atoms with Crippen LogP contribution >= 0.6 is 0 Å². The van der Waals surface area contributed by atoms with Crippen molar-refractivity contribution in [1.82, 2.24) is 24.9 Å². The van der Waals surface area contributed by atoms with E-state index in [2.05, 4.69) is 39.7 Å². The van der Waals surface area contributed by atoms with Crippen LogP contribution in [-0.4, -0.2) is 74.4 Å². The van der Waals surface area contributed by atoms with Crippen molar-refractivity contribution in [2.24, 2.45) is 0 Å². The van der Waals surface area contributed by atoms with Crippen LogP contribution in [0, 0.1) is 11.6 Å². The van der Waals surface area contributed by atoms with Gasteiger partial charge in [0, 0.05) is 30.4 Å². The first-order valence-electron chi connectivity index (χ1n) is 16.4. The predicted octanol–water partition coefficient (Wildman–Crippen LogP) is 5.17. The summed E-state index contributed by atoms with van der Waals surface area (Å²) in [4.78, 5) is 45.4. The maximum Gasteiger partial charge on any atom is 0.274 e. The number of rotatable bonds is 9. The number of hydrogen-bond acceptors (Lipinski definition) is 6. The van der Waals surface area contributed by atoms with Gasteiger partial charge in [-0.15, -0.1) is 0 Å². The fourth-order valence-corrected chi connectivity index (χ4v) is 6.67. The SMILES string of the molecule is CC1(C)CCCN1CCNC(=O)c1ccc(F)c(NC(=O)c2cnc3cc(-c4ccc(C(=O)NC5CCCCC5O)c(F)c4)ccn23)c1. The van der Waals surface area contributed by atoms with Gasteiger partial charge in [-0.25, -0.2) is 13.8 Å². The normalized spacial score (nSPS) is 19.3. The van der Waals surface area contributed by atoms with Gasteiger partial charge in [-0.05, 0) is 99.7 Å². The smallest absolute Gasteiger partial charge is 0.274 e. The van der Waals surface area contributed by atoms with Gasteiger partial charge >= 0.3 is 0 Å². The minimum atomic E-state index is -0.702. The molecule has 2 atom stereocenters. The summed E-state index contributed by atoms with van der Waals surface area (Å²) in [6, 6.07) is 11.0. The molecule has 1 saturated heterocycles. The zero-order valence-electron chi connectivity index (χ0n) is 27.1. The molecule has 2 fully saturated rings. The van der Waals surface area contributed by atoms with Gasteiger partial charge in [-0.1, -0.05) is 18.9 Å². The maximum atomic E-state index is 15.1. The first kappa shape index (κ1) is 33.2. The van der Waals surface area contributed by atoms with Crippen LogP contribution in [0.2, 0.25) is 0 Å². The molecule has 3 heterocycles. The van der Waals surface area contributed by atoms with Crippen LogP contribution in [-0.2, 0) is 0 Å². The van der Waals surface area contributed by atoms with Gasteiger partial charge in [0.05, 0.1) is 29.6 Å². The molecule has 2 aliphatic rings. The molecule has 4 aromatic rings. The number of aromatic nitrogens is 2. The Balaban J connectivity index is 1.11. The number of nitrogens with one attached hydrogen (secondary N) is 3. The molecule has 2 unspecified atom stereocenters. The maximum absolute atomic E-state index is 15.1. The predicted molar refractivity (Wildman–Crippen MR) is 178 cm³/mol. The lowest BCUT2D eigenvalue weighted by atomic mass is 9.92. The van der Waals surface area contributed by atoms with Crippen molar-refractivity contribution in [1.29, 1.82) is 0 Å². The Kier molecular flexibility index (Phi) is 9.56. The Morgan fingerprint density at radius 3 is 2.48 bits per heavy atom. The first-order chi connectivity index (χ1) is 23.0. The van der Waals surface area contributed by atoms with E-state index in [1.807, 2.05) is 0 Å². The Morgan fingerprint density at radius 2 is 1.73 bits per heavy atom. The molecule has 2 aromatic carbocycles. The lowest BCUT2D eigenvalue weighted by Crippen LogP contribution is -2.45. The number of fused-ring (bicyclic) bond motifs is 1. The Bertz CT molecular complexity index is 1860. The van der Waals surface area contributed by atoms with E-state index in [1.54, 1.807) is 24.4 Å². The highest BCUT2D eigenvalue weighted by Crippen LogP contribution is 2.28. The van der Waals surface area contributed by atoms with E-state index in [-0.39, 0.29) is 34.0 Å². The van der Waals surface area contributed by atoms with E-state index in [9.17, 15) is 23.9 Å². The number of hydrogen-bond donors (Lipinski definition) is 4. The molecule has 1 saturated carbocycles. The fourth-order valence-electron chi connectivity index (χ4n) is 6.67. The van der Waals surface area contributed by atoms with Crippen LogP contribution in [0.1, 0.15) is 83.6 Å². The van der Waals surface area contributed by atoms with Crippen molar-refractivity contribution in [3.63, 3.8) is 0 Å². The Morgan fingerprint density at radius 1 is 0.938 bits per heavy atom. The molecule has 48 heavy (non-hydrogen) atoms. The van der Waals surface area contributed by atoms with Gasteiger partial charge in [0.15, 0.2) is 0 Å². The summed E-state index contributed by atoms with van der Waals surface area (Å²) in [6.45, 7) is 6.52. The van der Waals surface area contributed by atoms with Crippen LogP contribution < -0.4 is 16.0 Å². The summed E-state index contributed by atoms with van der Waals surface area (Å²) in [7, 11) is 0. The van der Waals surface area contributed by atoms with Gasteiger partial charge in [0.25, 0.3) is 17.7 Å². The number of carbonyl (C=O) groups is 3. The van der Waals surface area contributed by atoms with E-state index in [0.717, 1.165) is 38.3 Å². The van der Waals surface area contributed by atoms with Gasteiger partial charge in [0.2, 0.25) is 0 Å². The number of imidazole rings is 1. The summed E-state index contributed by atoms with van der Waals surface area (Å²) in [5, 5.41) is 18.3. The summed E-state index contributed by atoms with van der Waals surface area (Å²) < 4.78 is 31.3. The van der Waals surface area contributed by atoms with Gasteiger partial charge in [0.1, 0.15) is 23.0 Å². The number of aliphatic hydroxyl groups is 1. The van der Waals surface area contributed by atoms with Crippen molar-refractivity contribution >= 4 is 29.1 Å². The highest BCUT2D eigenvalue weighted by Gasteiger charge is 2.31. The third kappa shape index (κ3) is 7.09. The number of anilines is 1. The average molecular weight is 659 g/mol. The molecular formula is C36H40F2N6O4. The number of benzene rings is 2. The summed E-state index contributed by atoms with van der Waals surface area (Å²) in [5.74, 6) is -2.96. The monoisotopic (exact) mass is 658 g/mol. The van der Waals surface area contributed by atoms with Crippen molar-refractivity contribution in [2.75, 3.05) is 25.0 Å². The molecule has 1 aliphatic heterocycles. The number of amides is 3. The molecule has 1 aliphatic carbocycles. The van der Waals surface area contributed by atoms with Crippen LogP contribution in [0.4, 0.5) is 14.5 Å². The molecular weight excluding hydrogens is 618 g/mol. The van der Waals surface area contributed by atoms with E-state index < -0.39 is 35.6 Å². The zero-order valence-corrected chi connectivity index (χ0v) is 27.1. The van der Waals surface area contributed by atoms with Crippen molar-refractivity contribution in [3.8, 4) is 11.1 Å². The third-order valence-corrected chi connectivity index (χ3v) is 9.56.